The maximum Gasteiger partial charge on any atom is 0.407 e. The number of sulfonamides is 1. The number of non-ortho nitro benzene ring substituents is 1. The van der Waals surface area contributed by atoms with Gasteiger partial charge in [0, 0.05) is 36.2 Å². The number of carbonyl (C=O) groups is 3. The van der Waals surface area contributed by atoms with Crippen molar-refractivity contribution in [2.45, 2.75) is 49.8 Å². The summed E-state index contributed by atoms with van der Waals surface area (Å²) in [4.78, 5) is 53.9. The van der Waals surface area contributed by atoms with Gasteiger partial charge in [-0.2, -0.15) is 4.31 Å². The lowest BCUT2D eigenvalue weighted by Gasteiger charge is -2.30. The number of nitro groups is 1. The van der Waals surface area contributed by atoms with Crippen LogP contribution in [0.15, 0.2) is 120 Å². The minimum absolute atomic E-state index is 0.0484. The molecule has 0 unspecified atom stereocenters. The Kier molecular flexibility index (Phi) is 13.4. The van der Waals surface area contributed by atoms with Crippen LogP contribution in [-0.2, 0) is 48.7 Å². The van der Waals surface area contributed by atoms with E-state index in [4.69, 9.17) is 9.47 Å². The number of aromatic nitrogens is 1. The summed E-state index contributed by atoms with van der Waals surface area (Å²) in [5.74, 6) is -1.12. The van der Waals surface area contributed by atoms with Crippen molar-refractivity contribution in [1.82, 2.24) is 14.6 Å². The Morgan fingerprint density at radius 1 is 0.889 bits per heavy atom. The van der Waals surface area contributed by atoms with Crippen LogP contribution in [0.2, 0.25) is 0 Å². The molecule has 2 N–H and O–H groups in total. The number of pyridine rings is 1. The molecular weight excluding hydrogens is 715 g/mol. The number of para-hydroxylation sites is 2. The number of hydrogen-bond acceptors (Lipinski definition) is 10. The summed E-state index contributed by atoms with van der Waals surface area (Å²) >= 11 is 0. The molecule has 5 aromatic rings. The highest BCUT2D eigenvalue weighted by atomic mass is 32.2. The molecule has 1 aromatic heterocycles. The highest BCUT2D eigenvalue weighted by molar-refractivity contribution is 7.89. The Labute approximate surface area is 312 Å². The second-order valence-corrected chi connectivity index (χ2v) is 14.1. The van der Waals surface area contributed by atoms with Crippen LogP contribution < -0.4 is 10.6 Å². The van der Waals surface area contributed by atoms with Crippen molar-refractivity contribution in [3.8, 4) is 0 Å². The van der Waals surface area contributed by atoms with Crippen molar-refractivity contribution >= 4 is 50.3 Å². The fourth-order valence-electron chi connectivity index (χ4n) is 5.67. The van der Waals surface area contributed by atoms with E-state index in [9.17, 15) is 32.9 Å². The molecule has 0 aliphatic heterocycles. The lowest BCUT2D eigenvalue weighted by molar-refractivity contribution is -0.384. The minimum Gasteiger partial charge on any atom is -0.469 e. The van der Waals surface area contributed by atoms with Crippen molar-refractivity contribution in [3.05, 3.63) is 142 Å². The Hall–Kier alpha value is -6.19. The fraction of sp³-hybridized carbons (Fsp3) is 0.231. The highest BCUT2D eigenvalue weighted by Crippen LogP contribution is 2.27. The molecular formula is C39H39N5O9S. The molecule has 0 saturated carbocycles. The number of esters is 1. The molecule has 280 valence electrons. The third-order valence-electron chi connectivity index (χ3n) is 8.52. The van der Waals surface area contributed by atoms with E-state index in [0.717, 1.165) is 39.5 Å². The van der Waals surface area contributed by atoms with Gasteiger partial charge >= 0.3 is 12.1 Å². The molecule has 0 fully saturated rings. The third kappa shape index (κ3) is 10.5. The smallest absolute Gasteiger partial charge is 0.407 e. The normalized spacial score (nSPS) is 11.8. The summed E-state index contributed by atoms with van der Waals surface area (Å²) in [5.41, 5.74) is 2.44. The number of hydrogen-bond donors (Lipinski definition) is 2. The molecule has 0 bridgehead atoms. The molecule has 5 rings (SSSR count). The maximum atomic E-state index is 14.5. The number of alkyl carbamates (subject to hydrolysis) is 1. The van der Waals surface area contributed by atoms with Gasteiger partial charge in [-0.15, -0.1) is 0 Å². The molecule has 15 heteroatoms. The predicted octanol–water partition coefficient (Wildman–Crippen LogP) is 6.15. The molecule has 0 spiro atoms. The molecule has 54 heavy (non-hydrogen) atoms. The number of fused-ring (bicyclic) bond motifs is 1. The van der Waals surface area contributed by atoms with Gasteiger partial charge in [0.1, 0.15) is 12.6 Å². The van der Waals surface area contributed by atoms with Gasteiger partial charge in [-0.05, 0) is 60.7 Å². The molecule has 4 aromatic carbocycles. The van der Waals surface area contributed by atoms with E-state index in [1.54, 1.807) is 48.5 Å². The van der Waals surface area contributed by atoms with Crippen molar-refractivity contribution in [2.75, 3.05) is 19.0 Å². The third-order valence-corrected chi connectivity index (χ3v) is 10.4. The van der Waals surface area contributed by atoms with Crippen molar-refractivity contribution < 1.29 is 37.2 Å². The van der Waals surface area contributed by atoms with E-state index in [0.29, 0.717) is 22.5 Å². The van der Waals surface area contributed by atoms with E-state index < -0.39 is 39.0 Å². The van der Waals surface area contributed by atoms with Crippen LogP contribution in [0, 0.1) is 10.1 Å². The number of amides is 2. The SMILES string of the molecule is COC(=O)CCc1ccccc1NC(=O)[C@H](CCCNC(=O)OCc1ccccc1)N(Cc1ccc2ccccc2n1)S(=O)(=O)c1ccc([N+](=O)[O-])cc1. The molecule has 2 amide bonds. The van der Waals surface area contributed by atoms with Gasteiger partial charge in [-0.3, -0.25) is 24.7 Å². The van der Waals surface area contributed by atoms with Crippen molar-refractivity contribution in [2.24, 2.45) is 0 Å². The van der Waals surface area contributed by atoms with Crippen molar-refractivity contribution in [1.29, 1.82) is 0 Å². The summed E-state index contributed by atoms with van der Waals surface area (Å²) in [6.45, 7) is -0.237. The zero-order valence-electron chi connectivity index (χ0n) is 29.4. The topological polar surface area (TPSA) is 187 Å². The van der Waals surface area contributed by atoms with Gasteiger partial charge < -0.3 is 20.1 Å². The second kappa shape index (κ2) is 18.5. The van der Waals surface area contributed by atoms with Gasteiger partial charge in [0.05, 0.1) is 34.7 Å². The zero-order chi connectivity index (χ0) is 38.5. The van der Waals surface area contributed by atoms with E-state index in [1.807, 2.05) is 42.5 Å². The average Bonchev–Trinajstić information content (AvgIpc) is 3.19. The van der Waals surface area contributed by atoms with Crippen LogP contribution in [0.3, 0.4) is 0 Å². The number of nitrogens with one attached hydrogen (secondary N) is 2. The first-order valence-electron chi connectivity index (χ1n) is 17.1. The van der Waals surface area contributed by atoms with Crippen LogP contribution in [0.25, 0.3) is 10.9 Å². The number of ether oxygens (including phenoxy) is 2. The van der Waals surface area contributed by atoms with E-state index in [2.05, 4.69) is 15.6 Å². The summed E-state index contributed by atoms with van der Waals surface area (Å²) in [5, 5.41) is 17.7. The second-order valence-electron chi connectivity index (χ2n) is 12.2. The summed E-state index contributed by atoms with van der Waals surface area (Å²) in [6, 6.07) is 29.8. The number of methoxy groups -OCH3 is 1. The molecule has 0 aliphatic rings. The molecule has 0 radical (unpaired) electrons. The number of benzene rings is 4. The number of rotatable bonds is 17. The van der Waals surface area contributed by atoms with E-state index in [1.165, 1.54) is 7.11 Å². The summed E-state index contributed by atoms with van der Waals surface area (Å²) < 4.78 is 40.1. The number of carbonyl (C=O) groups excluding carboxylic acids is 3. The molecule has 0 saturated heterocycles. The maximum absolute atomic E-state index is 14.5. The number of nitro benzene ring substituents is 1. The number of nitrogens with zero attached hydrogens (tertiary/aromatic N) is 3. The Bertz CT molecular complexity index is 2200. The summed E-state index contributed by atoms with van der Waals surface area (Å²) in [7, 11) is -3.24. The Balaban J connectivity index is 1.47. The van der Waals surface area contributed by atoms with Crippen LogP contribution in [0.5, 0.6) is 0 Å². The molecule has 1 atom stereocenters. The molecule has 1 heterocycles. The minimum atomic E-state index is -4.52. The lowest BCUT2D eigenvalue weighted by Crippen LogP contribution is -2.47. The standard InChI is InChI=1S/C39H39N5O9S/c1-52-37(45)24-18-30-13-6-8-15-35(30)42-38(46)36(16-9-25-40-39(47)53-27-28-10-3-2-4-11-28)43(26-31-19-17-29-12-5-7-14-34(29)41-31)54(50,51)33-22-20-32(21-23-33)44(48)49/h2-8,10-15,17,19-23,36H,9,16,18,24-27H2,1H3,(H,40,47)(H,42,46)/t36-/m0/s1. The first-order chi connectivity index (χ1) is 26.0. The predicted molar refractivity (Wildman–Crippen MR) is 201 cm³/mol. The lowest BCUT2D eigenvalue weighted by atomic mass is 10.1. The van der Waals surface area contributed by atoms with Crippen LogP contribution in [0.4, 0.5) is 16.2 Å². The first kappa shape index (κ1) is 39.0. The van der Waals surface area contributed by atoms with Gasteiger partial charge in [0.25, 0.3) is 5.69 Å². The summed E-state index contributed by atoms with van der Waals surface area (Å²) in [6.07, 6.45) is -0.300. The van der Waals surface area contributed by atoms with Crippen LogP contribution in [0.1, 0.15) is 36.1 Å². The Morgan fingerprint density at radius 2 is 1.59 bits per heavy atom. The van der Waals surface area contributed by atoms with E-state index in [-0.39, 0.29) is 56.0 Å². The van der Waals surface area contributed by atoms with Gasteiger partial charge in [-0.25, -0.2) is 13.2 Å². The zero-order valence-corrected chi connectivity index (χ0v) is 30.2. The highest BCUT2D eigenvalue weighted by Gasteiger charge is 2.37. The van der Waals surface area contributed by atoms with Crippen molar-refractivity contribution in [3.63, 3.8) is 0 Å². The molecule has 14 nitrogen and oxygen atoms in total. The number of anilines is 1. The first-order valence-corrected chi connectivity index (χ1v) is 18.5. The van der Waals surface area contributed by atoms with Gasteiger partial charge in [0.2, 0.25) is 15.9 Å². The number of aryl methyl sites for hydroxylation is 1. The quantitative estimate of drug-likeness (QED) is 0.0482. The largest absolute Gasteiger partial charge is 0.469 e. The fourth-order valence-corrected chi connectivity index (χ4v) is 7.26. The monoisotopic (exact) mass is 753 g/mol. The molecule has 0 aliphatic carbocycles. The van der Waals surface area contributed by atoms with E-state index >= 15 is 0 Å². The van der Waals surface area contributed by atoms with Crippen LogP contribution >= 0.6 is 0 Å². The van der Waals surface area contributed by atoms with Gasteiger partial charge in [-0.1, -0.05) is 72.8 Å². The van der Waals surface area contributed by atoms with Crippen LogP contribution in [-0.4, -0.2) is 60.3 Å². The Morgan fingerprint density at radius 3 is 2.33 bits per heavy atom. The average molecular weight is 754 g/mol. The van der Waals surface area contributed by atoms with Gasteiger partial charge in [0.15, 0.2) is 0 Å².